The summed E-state index contributed by atoms with van der Waals surface area (Å²) >= 11 is 0. The van der Waals surface area contributed by atoms with E-state index in [9.17, 15) is 14.7 Å². The first kappa shape index (κ1) is 20.3. The molecule has 0 fully saturated rings. The molecule has 2 aromatic carbocycles. The molecule has 2 rings (SSSR count). The lowest BCUT2D eigenvalue weighted by Crippen LogP contribution is -2.30. The Kier molecular flexibility index (Phi) is 6.82. The van der Waals surface area contributed by atoms with Crippen LogP contribution in [0.2, 0.25) is 0 Å². The fourth-order valence-electron chi connectivity index (χ4n) is 2.79. The van der Waals surface area contributed by atoms with Gasteiger partial charge in [0, 0.05) is 5.56 Å². The Labute approximate surface area is 159 Å². The SMILES string of the molecule is COc1cc(C(=O)NC(CC(=O)O)c2ccccc2C)ccc1OC(C)C. The van der Waals surface area contributed by atoms with Crippen molar-refractivity contribution < 1.29 is 24.2 Å². The lowest BCUT2D eigenvalue weighted by molar-refractivity contribution is -0.137. The number of methoxy groups -OCH3 is 1. The summed E-state index contributed by atoms with van der Waals surface area (Å²) in [4.78, 5) is 24.0. The van der Waals surface area contributed by atoms with Crippen LogP contribution in [0, 0.1) is 6.92 Å². The molecule has 1 amide bonds. The summed E-state index contributed by atoms with van der Waals surface area (Å²) < 4.78 is 11.0. The van der Waals surface area contributed by atoms with Gasteiger partial charge in [-0.15, -0.1) is 0 Å². The Morgan fingerprint density at radius 3 is 2.41 bits per heavy atom. The van der Waals surface area contributed by atoms with Crippen LogP contribution < -0.4 is 14.8 Å². The lowest BCUT2D eigenvalue weighted by atomic mass is 9.98. The van der Waals surface area contributed by atoms with E-state index in [4.69, 9.17) is 9.47 Å². The van der Waals surface area contributed by atoms with Gasteiger partial charge in [-0.25, -0.2) is 0 Å². The van der Waals surface area contributed by atoms with Crippen LogP contribution in [0.5, 0.6) is 11.5 Å². The number of benzene rings is 2. The van der Waals surface area contributed by atoms with Crippen molar-refractivity contribution in [2.45, 2.75) is 39.3 Å². The predicted octanol–water partition coefficient (Wildman–Crippen LogP) is 3.74. The minimum atomic E-state index is -0.984. The van der Waals surface area contributed by atoms with Gasteiger partial charge in [-0.05, 0) is 50.1 Å². The highest BCUT2D eigenvalue weighted by atomic mass is 16.5. The summed E-state index contributed by atoms with van der Waals surface area (Å²) in [6, 6.07) is 11.7. The molecule has 27 heavy (non-hydrogen) atoms. The van der Waals surface area contributed by atoms with Gasteiger partial charge in [-0.2, -0.15) is 0 Å². The van der Waals surface area contributed by atoms with Gasteiger partial charge < -0.3 is 19.9 Å². The Balaban J connectivity index is 2.27. The van der Waals surface area contributed by atoms with Gasteiger partial charge in [0.25, 0.3) is 5.91 Å². The van der Waals surface area contributed by atoms with E-state index in [1.54, 1.807) is 18.2 Å². The summed E-state index contributed by atoms with van der Waals surface area (Å²) in [6.07, 6.45) is -0.234. The standard InChI is InChI=1S/C21H25NO5/c1-13(2)27-18-10-9-15(11-19(18)26-4)21(25)22-17(12-20(23)24)16-8-6-5-7-14(16)3/h5-11,13,17H,12H2,1-4H3,(H,22,25)(H,23,24). The number of amides is 1. The third kappa shape index (κ3) is 5.48. The van der Waals surface area contributed by atoms with Crippen LogP contribution in [0.1, 0.15) is 47.8 Å². The van der Waals surface area contributed by atoms with Crippen molar-refractivity contribution in [2.24, 2.45) is 0 Å². The number of aliphatic carboxylic acids is 1. The number of carbonyl (C=O) groups is 2. The maximum absolute atomic E-state index is 12.7. The molecular weight excluding hydrogens is 346 g/mol. The smallest absolute Gasteiger partial charge is 0.305 e. The van der Waals surface area contributed by atoms with Gasteiger partial charge in [0.05, 0.1) is 25.7 Å². The molecule has 0 radical (unpaired) electrons. The third-order valence-corrected chi connectivity index (χ3v) is 4.04. The molecule has 0 aliphatic carbocycles. The third-order valence-electron chi connectivity index (χ3n) is 4.04. The summed E-state index contributed by atoms with van der Waals surface area (Å²) in [6.45, 7) is 5.69. The van der Waals surface area contributed by atoms with Crippen molar-refractivity contribution in [3.8, 4) is 11.5 Å². The quantitative estimate of drug-likeness (QED) is 0.738. The van der Waals surface area contributed by atoms with Crippen LogP contribution in [0.3, 0.4) is 0 Å². The van der Waals surface area contributed by atoms with Gasteiger partial charge >= 0.3 is 5.97 Å². The maximum atomic E-state index is 12.7. The number of rotatable bonds is 8. The molecule has 6 nitrogen and oxygen atoms in total. The second kappa shape index (κ2) is 9.07. The zero-order chi connectivity index (χ0) is 20.0. The van der Waals surface area contributed by atoms with E-state index in [2.05, 4.69) is 5.32 Å². The van der Waals surface area contributed by atoms with E-state index >= 15 is 0 Å². The number of hydrogen-bond acceptors (Lipinski definition) is 4. The second-order valence-electron chi connectivity index (χ2n) is 6.51. The average molecular weight is 371 g/mol. The van der Waals surface area contributed by atoms with Crippen molar-refractivity contribution in [1.29, 1.82) is 0 Å². The summed E-state index contributed by atoms with van der Waals surface area (Å²) in [7, 11) is 1.50. The number of carboxylic acids is 1. The number of ether oxygens (including phenoxy) is 2. The van der Waals surface area contributed by atoms with E-state index in [-0.39, 0.29) is 18.4 Å². The van der Waals surface area contributed by atoms with E-state index in [1.807, 2.05) is 45.0 Å². The molecule has 0 aliphatic heterocycles. The minimum absolute atomic E-state index is 0.0282. The summed E-state index contributed by atoms with van der Waals surface area (Å²) in [5.74, 6) is -0.368. The highest BCUT2D eigenvalue weighted by Gasteiger charge is 2.21. The molecule has 0 spiro atoms. The molecule has 0 saturated carbocycles. The first-order chi connectivity index (χ1) is 12.8. The molecule has 2 N–H and O–H groups in total. The predicted molar refractivity (Wildman–Crippen MR) is 102 cm³/mol. The van der Waals surface area contributed by atoms with Gasteiger partial charge in [0.15, 0.2) is 11.5 Å². The fraction of sp³-hybridized carbons (Fsp3) is 0.333. The van der Waals surface area contributed by atoms with Crippen molar-refractivity contribution in [2.75, 3.05) is 7.11 Å². The van der Waals surface area contributed by atoms with Gasteiger partial charge in [0.1, 0.15) is 0 Å². The normalized spacial score (nSPS) is 11.7. The highest BCUT2D eigenvalue weighted by molar-refractivity contribution is 5.95. The molecule has 1 atom stereocenters. The molecule has 0 aliphatic rings. The molecule has 1 unspecified atom stereocenters. The largest absolute Gasteiger partial charge is 0.493 e. The van der Waals surface area contributed by atoms with Crippen molar-refractivity contribution in [3.05, 3.63) is 59.2 Å². The maximum Gasteiger partial charge on any atom is 0.305 e. The highest BCUT2D eigenvalue weighted by Crippen LogP contribution is 2.29. The van der Waals surface area contributed by atoms with Crippen LogP contribution in [-0.2, 0) is 4.79 Å². The monoisotopic (exact) mass is 371 g/mol. The van der Waals surface area contributed by atoms with Gasteiger partial charge in [0.2, 0.25) is 0 Å². The fourth-order valence-corrected chi connectivity index (χ4v) is 2.79. The summed E-state index contributed by atoms with van der Waals surface area (Å²) in [5.41, 5.74) is 2.06. The number of nitrogens with one attached hydrogen (secondary N) is 1. The lowest BCUT2D eigenvalue weighted by Gasteiger charge is -2.20. The zero-order valence-electron chi connectivity index (χ0n) is 16.0. The van der Waals surface area contributed by atoms with Crippen LogP contribution >= 0.6 is 0 Å². The van der Waals surface area contributed by atoms with Crippen molar-refractivity contribution >= 4 is 11.9 Å². The number of carboxylic acid groups (broad SMARTS) is 1. The molecule has 0 aromatic heterocycles. The Hall–Kier alpha value is -3.02. The first-order valence-electron chi connectivity index (χ1n) is 8.74. The molecule has 0 heterocycles. The second-order valence-corrected chi connectivity index (χ2v) is 6.51. The topological polar surface area (TPSA) is 84.9 Å². The molecular formula is C21H25NO5. The van der Waals surface area contributed by atoms with Crippen LogP contribution in [0.15, 0.2) is 42.5 Å². The minimum Gasteiger partial charge on any atom is -0.493 e. The number of aryl methyl sites for hydroxylation is 1. The Morgan fingerprint density at radius 1 is 1.11 bits per heavy atom. The summed E-state index contributed by atoms with van der Waals surface area (Å²) in [5, 5.41) is 12.1. The van der Waals surface area contributed by atoms with Crippen LogP contribution in [0.25, 0.3) is 0 Å². The Morgan fingerprint density at radius 2 is 1.81 bits per heavy atom. The molecule has 0 saturated heterocycles. The van der Waals surface area contributed by atoms with E-state index < -0.39 is 12.0 Å². The average Bonchev–Trinajstić information content (AvgIpc) is 2.61. The number of hydrogen-bond donors (Lipinski definition) is 2. The van der Waals surface area contributed by atoms with Crippen LogP contribution in [-0.4, -0.2) is 30.2 Å². The Bertz CT molecular complexity index is 816. The van der Waals surface area contributed by atoms with Crippen LogP contribution in [0.4, 0.5) is 0 Å². The van der Waals surface area contributed by atoms with E-state index in [0.29, 0.717) is 17.1 Å². The number of carbonyl (C=O) groups excluding carboxylic acids is 1. The van der Waals surface area contributed by atoms with E-state index in [0.717, 1.165) is 11.1 Å². The molecule has 0 bridgehead atoms. The zero-order valence-corrected chi connectivity index (χ0v) is 16.0. The first-order valence-corrected chi connectivity index (χ1v) is 8.74. The van der Waals surface area contributed by atoms with Crippen molar-refractivity contribution in [3.63, 3.8) is 0 Å². The van der Waals surface area contributed by atoms with E-state index in [1.165, 1.54) is 7.11 Å². The molecule has 2 aromatic rings. The van der Waals surface area contributed by atoms with Crippen molar-refractivity contribution in [1.82, 2.24) is 5.32 Å². The molecule has 144 valence electrons. The van der Waals surface area contributed by atoms with Gasteiger partial charge in [-0.3, -0.25) is 9.59 Å². The van der Waals surface area contributed by atoms with Gasteiger partial charge in [-0.1, -0.05) is 24.3 Å². The molecule has 6 heteroatoms.